The predicted molar refractivity (Wildman–Crippen MR) is 92.7 cm³/mol. The Balaban J connectivity index is 1.41. The lowest BCUT2D eigenvalue weighted by molar-refractivity contribution is 0.636. The van der Waals surface area contributed by atoms with E-state index >= 15 is 0 Å². The van der Waals surface area contributed by atoms with E-state index in [1.807, 2.05) is 31.3 Å². The van der Waals surface area contributed by atoms with Crippen LogP contribution in [0.15, 0.2) is 12.3 Å². The zero-order chi connectivity index (χ0) is 15.8. The second-order valence-corrected chi connectivity index (χ2v) is 7.27. The molecule has 1 aliphatic heterocycles. The van der Waals surface area contributed by atoms with Crippen LogP contribution in [-0.4, -0.2) is 60.4 Å². The van der Waals surface area contributed by atoms with Gasteiger partial charge >= 0.3 is 0 Å². The van der Waals surface area contributed by atoms with E-state index in [4.69, 9.17) is 0 Å². The Bertz CT molecular complexity index is 674. The Kier molecular flexibility index (Phi) is 3.76. The van der Waals surface area contributed by atoms with Gasteiger partial charge in [0.15, 0.2) is 0 Å². The van der Waals surface area contributed by atoms with Crippen LogP contribution >= 0.6 is 11.3 Å². The van der Waals surface area contributed by atoms with Crippen LogP contribution in [0.4, 0.5) is 16.9 Å². The van der Waals surface area contributed by atoms with Gasteiger partial charge in [0.05, 0.1) is 0 Å². The van der Waals surface area contributed by atoms with E-state index in [9.17, 15) is 0 Å². The number of rotatable bonds is 4. The third kappa shape index (κ3) is 3.08. The van der Waals surface area contributed by atoms with Crippen LogP contribution < -0.4 is 14.7 Å². The van der Waals surface area contributed by atoms with Crippen molar-refractivity contribution in [3.8, 4) is 0 Å². The Hall–Kier alpha value is -1.96. The van der Waals surface area contributed by atoms with Crippen molar-refractivity contribution in [2.75, 3.05) is 55.0 Å². The molecule has 7 nitrogen and oxygen atoms in total. The standard InChI is InChI=1S/C15H21N7S/c1-20(2)12-5-6-16-14(17-12)21-7-9-22(10-8-21)15-19-18-13(23-15)11-3-4-11/h5-6,11H,3-4,7-10H2,1-2H3. The molecule has 1 saturated heterocycles. The van der Waals surface area contributed by atoms with Crippen molar-refractivity contribution in [1.29, 1.82) is 0 Å². The number of aromatic nitrogens is 4. The van der Waals surface area contributed by atoms with Gasteiger partial charge in [-0.25, -0.2) is 4.98 Å². The Labute approximate surface area is 140 Å². The molecule has 23 heavy (non-hydrogen) atoms. The smallest absolute Gasteiger partial charge is 0.227 e. The molecule has 122 valence electrons. The second kappa shape index (κ2) is 5.92. The minimum Gasteiger partial charge on any atom is -0.363 e. The third-order valence-corrected chi connectivity index (χ3v) is 5.42. The van der Waals surface area contributed by atoms with Crippen molar-refractivity contribution in [3.05, 3.63) is 17.3 Å². The highest BCUT2D eigenvalue weighted by Crippen LogP contribution is 2.42. The Morgan fingerprint density at radius 3 is 2.52 bits per heavy atom. The van der Waals surface area contributed by atoms with E-state index in [0.29, 0.717) is 5.92 Å². The largest absolute Gasteiger partial charge is 0.363 e. The molecule has 0 radical (unpaired) electrons. The molecule has 0 bridgehead atoms. The molecule has 0 aromatic carbocycles. The first-order valence-electron chi connectivity index (χ1n) is 8.04. The summed E-state index contributed by atoms with van der Waals surface area (Å²) in [7, 11) is 3.99. The first kappa shape index (κ1) is 14.6. The molecular formula is C15H21N7S. The monoisotopic (exact) mass is 331 g/mol. The van der Waals surface area contributed by atoms with Crippen molar-refractivity contribution in [1.82, 2.24) is 20.2 Å². The van der Waals surface area contributed by atoms with Gasteiger partial charge in [0.1, 0.15) is 10.8 Å². The van der Waals surface area contributed by atoms with Crippen LogP contribution in [-0.2, 0) is 0 Å². The minimum absolute atomic E-state index is 0.685. The molecule has 8 heteroatoms. The van der Waals surface area contributed by atoms with Crippen LogP contribution in [0.2, 0.25) is 0 Å². The van der Waals surface area contributed by atoms with Gasteiger partial charge in [-0.2, -0.15) is 4.98 Å². The van der Waals surface area contributed by atoms with Gasteiger partial charge < -0.3 is 14.7 Å². The molecule has 0 unspecified atom stereocenters. The predicted octanol–water partition coefficient (Wildman–Crippen LogP) is 1.60. The van der Waals surface area contributed by atoms with Gasteiger partial charge in [0.2, 0.25) is 11.1 Å². The maximum absolute atomic E-state index is 4.63. The summed E-state index contributed by atoms with van der Waals surface area (Å²) in [5.41, 5.74) is 0. The highest BCUT2D eigenvalue weighted by atomic mass is 32.1. The summed E-state index contributed by atoms with van der Waals surface area (Å²) in [5.74, 6) is 2.44. The van der Waals surface area contributed by atoms with Crippen molar-refractivity contribution in [2.45, 2.75) is 18.8 Å². The van der Waals surface area contributed by atoms with E-state index in [2.05, 4.69) is 30.0 Å². The van der Waals surface area contributed by atoms with Crippen molar-refractivity contribution in [3.63, 3.8) is 0 Å². The summed E-state index contributed by atoms with van der Waals surface area (Å²) in [6.45, 7) is 3.70. The van der Waals surface area contributed by atoms with E-state index < -0.39 is 0 Å². The summed E-state index contributed by atoms with van der Waals surface area (Å²) in [5, 5.41) is 11.0. The van der Waals surface area contributed by atoms with Crippen LogP contribution in [0.5, 0.6) is 0 Å². The number of nitrogens with zero attached hydrogens (tertiary/aromatic N) is 7. The quantitative estimate of drug-likeness (QED) is 0.843. The molecule has 2 fully saturated rings. The summed E-state index contributed by atoms with van der Waals surface area (Å²) in [6, 6.07) is 1.93. The van der Waals surface area contributed by atoms with Gasteiger partial charge in [-0.1, -0.05) is 11.3 Å². The molecule has 3 heterocycles. The lowest BCUT2D eigenvalue weighted by Crippen LogP contribution is -2.47. The molecule has 0 N–H and O–H groups in total. The van der Waals surface area contributed by atoms with Gasteiger partial charge in [-0.05, 0) is 18.9 Å². The van der Waals surface area contributed by atoms with E-state index in [0.717, 1.165) is 43.1 Å². The average Bonchev–Trinajstić information content (AvgIpc) is 3.32. The first-order chi connectivity index (χ1) is 11.2. The minimum atomic E-state index is 0.685. The lowest BCUT2D eigenvalue weighted by atomic mass is 10.3. The van der Waals surface area contributed by atoms with Crippen molar-refractivity contribution in [2.24, 2.45) is 0 Å². The maximum Gasteiger partial charge on any atom is 0.227 e. The fraction of sp³-hybridized carbons (Fsp3) is 0.600. The lowest BCUT2D eigenvalue weighted by Gasteiger charge is -2.34. The number of hydrogen-bond acceptors (Lipinski definition) is 8. The normalized spacial score (nSPS) is 18.3. The Morgan fingerprint density at radius 1 is 1.09 bits per heavy atom. The van der Waals surface area contributed by atoms with Crippen molar-refractivity contribution >= 4 is 28.2 Å². The van der Waals surface area contributed by atoms with Gasteiger partial charge in [0.25, 0.3) is 0 Å². The molecule has 0 spiro atoms. The van der Waals surface area contributed by atoms with E-state index in [1.54, 1.807) is 11.3 Å². The molecule has 1 saturated carbocycles. The van der Waals surface area contributed by atoms with Gasteiger partial charge in [-0.3, -0.25) is 0 Å². The van der Waals surface area contributed by atoms with Gasteiger partial charge in [0, 0.05) is 52.4 Å². The topological polar surface area (TPSA) is 61.3 Å². The summed E-state index contributed by atoms with van der Waals surface area (Å²) >= 11 is 1.76. The van der Waals surface area contributed by atoms with Crippen LogP contribution in [0.25, 0.3) is 0 Å². The fourth-order valence-electron chi connectivity index (χ4n) is 2.69. The SMILES string of the molecule is CN(C)c1ccnc(N2CCN(c3nnc(C4CC4)s3)CC2)n1. The fourth-order valence-corrected chi connectivity index (χ4v) is 3.75. The first-order valence-corrected chi connectivity index (χ1v) is 8.86. The van der Waals surface area contributed by atoms with Crippen LogP contribution in [0.3, 0.4) is 0 Å². The molecule has 0 atom stereocenters. The zero-order valence-electron chi connectivity index (χ0n) is 13.5. The highest BCUT2D eigenvalue weighted by molar-refractivity contribution is 7.15. The third-order valence-electron chi connectivity index (χ3n) is 4.28. The molecule has 2 aliphatic rings. The number of hydrogen-bond donors (Lipinski definition) is 0. The molecular weight excluding hydrogens is 310 g/mol. The summed E-state index contributed by atoms with van der Waals surface area (Å²) in [4.78, 5) is 15.6. The maximum atomic E-state index is 4.63. The molecule has 2 aromatic heterocycles. The Morgan fingerprint density at radius 2 is 1.83 bits per heavy atom. The molecule has 0 amide bonds. The molecule has 2 aromatic rings. The highest BCUT2D eigenvalue weighted by Gasteiger charge is 2.29. The molecule has 1 aliphatic carbocycles. The molecule has 4 rings (SSSR count). The van der Waals surface area contributed by atoms with Crippen molar-refractivity contribution < 1.29 is 0 Å². The zero-order valence-corrected chi connectivity index (χ0v) is 14.3. The van der Waals surface area contributed by atoms with E-state index in [-0.39, 0.29) is 0 Å². The average molecular weight is 331 g/mol. The summed E-state index contributed by atoms with van der Waals surface area (Å²) < 4.78 is 0. The second-order valence-electron chi connectivity index (χ2n) is 6.28. The number of piperazine rings is 1. The van der Waals surface area contributed by atoms with E-state index in [1.165, 1.54) is 17.8 Å². The van der Waals surface area contributed by atoms with Gasteiger partial charge in [-0.15, -0.1) is 10.2 Å². The number of anilines is 3. The summed E-state index contributed by atoms with van der Waals surface area (Å²) in [6.07, 6.45) is 4.39. The van der Waals surface area contributed by atoms with Crippen LogP contribution in [0.1, 0.15) is 23.8 Å². The van der Waals surface area contributed by atoms with Crippen LogP contribution in [0, 0.1) is 0 Å².